The maximum Gasteiger partial charge on any atom is 0.191 e. The van der Waals surface area contributed by atoms with Crippen molar-refractivity contribution in [3.8, 4) is 0 Å². The van der Waals surface area contributed by atoms with E-state index in [0.717, 1.165) is 16.7 Å². The van der Waals surface area contributed by atoms with Crippen molar-refractivity contribution in [2.75, 3.05) is 19.0 Å². The van der Waals surface area contributed by atoms with Gasteiger partial charge in [0, 0.05) is 37.7 Å². The van der Waals surface area contributed by atoms with E-state index < -0.39 is 5.82 Å². The Bertz CT molecular complexity index is 800. The summed E-state index contributed by atoms with van der Waals surface area (Å²) < 4.78 is 19.4. The smallest absolute Gasteiger partial charge is 0.191 e. The Morgan fingerprint density at radius 1 is 1.31 bits per heavy atom. The molecule has 0 fully saturated rings. The van der Waals surface area contributed by atoms with Crippen molar-refractivity contribution in [1.29, 1.82) is 0 Å². The SMILES string of the molecule is CCO/C=C/c1ncnc(NCc2ccc(C(C=NC)=CN)cc2)c1F. The van der Waals surface area contributed by atoms with Gasteiger partial charge in [-0.1, -0.05) is 24.3 Å². The van der Waals surface area contributed by atoms with Gasteiger partial charge in [-0.3, -0.25) is 4.99 Å². The molecule has 2 rings (SSSR count). The van der Waals surface area contributed by atoms with Crippen LogP contribution >= 0.6 is 0 Å². The second-order valence-corrected chi connectivity index (χ2v) is 5.24. The van der Waals surface area contributed by atoms with Gasteiger partial charge in [-0.15, -0.1) is 0 Å². The van der Waals surface area contributed by atoms with Crippen LogP contribution in [0.1, 0.15) is 23.7 Å². The summed E-state index contributed by atoms with van der Waals surface area (Å²) in [6.45, 7) is 2.78. The van der Waals surface area contributed by atoms with Gasteiger partial charge in [0.1, 0.15) is 12.0 Å². The molecule has 0 bridgehead atoms. The average Bonchev–Trinajstić information content (AvgIpc) is 2.67. The lowest BCUT2D eigenvalue weighted by atomic mass is 10.1. The molecule has 0 amide bonds. The zero-order valence-corrected chi connectivity index (χ0v) is 14.8. The molecule has 0 aliphatic rings. The summed E-state index contributed by atoms with van der Waals surface area (Å²) in [6.07, 6.45) is 7.39. The molecule has 0 aliphatic heterocycles. The standard InChI is InChI=1S/C19H22FN5O/c1-3-26-9-8-17-18(20)19(25-13-24-17)23-11-14-4-6-15(7-5-14)16(10-21)12-22-2/h4-10,12-13H,3,11,21H2,1-2H3,(H,23,24,25)/b9-8+,16-10?,22-12?. The summed E-state index contributed by atoms with van der Waals surface area (Å²) in [4.78, 5) is 11.8. The summed E-state index contributed by atoms with van der Waals surface area (Å²) in [6, 6.07) is 7.74. The number of benzene rings is 1. The highest BCUT2D eigenvalue weighted by molar-refractivity contribution is 6.09. The molecular formula is C19H22FN5O. The highest BCUT2D eigenvalue weighted by atomic mass is 19.1. The molecular weight excluding hydrogens is 333 g/mol. The Labute approximate surface area is 152 Å². The molecule has 26 heavy (non-hydrogen) atoms. The molecule has 3 N–H and O–H groups in total. The molecule has 7 heteroatoms. The molecule has 0 atom stereocenters. The monoisotopic (exact) mass is 355 g/mol. The van der Waals surface area contributed by atoms with Crippen LogP contribution in [0.5, 0.6) is 0 Å². The fourth-order valence-corrected chi connectivity index (χ4v) is 2.19. The van der Waals surface area contributed by atoms with Crippen molar-refractivity contribution in [1.82, 2.24) is 9.97 Å². The van der Waals surface area contributed by atoms with E-state index in [0.29, 0.717) is 13.2 Å². The van der Waals surface area contributed by atoms with Crippen LogP contribution in [0.3, 0.4) is 0 Å². The topological polar surface area (TPSA) is 85.4 Å². The second kappa shape index (κ2) is 9.93. The van der Waals surface area contributed by atoms with Gasteiger partial charge in [0.05, 0.1) is 12.9 Å². The number of hydrogen-bond donors (Lipinski definition) is 2. The van der Waals surface area contributed by atoms with Crippen molar-refractivity contribution < 1.29 is 9.13 Å². The molecule has 0 spiro atoms. The van der Waals surface area contributed by atoms with Gasteiger partial charge in [-0.25, -0.2) is 14.4 Å². The second-order valence-electron chi connectivity index (χ2n) is 5.24. The Kier molecular flexibility index (Phi) is 7.30. The molecule has 2 aromatic rings. The highest BCUT2D eigenvalue weighted by Gasteiger charge is 2.09. The van der Waals surface area contributed by atoms with Gasteiger partial charge < -0.3 is 15.8 Å². The maximum absolute atomic E-state index is 14.4. The number of halogens is 1. The predicted molar refractivity (Wildman–Crippen MR) is 103 cm³/mol. The quantitative estimate of drug-likeness (QED) is 0.561. The normalized spacial score (nSPS) is 12.0. The summed E-state index contributed by atoms with van der Waals surface area (Å²) in [7, 11) is 1.69. The van der Waals surface area contributed by atoms with Crippen LogP contribution in [0.4, 0.5) is 10.2 Å². The first-order valence-corrected chi connectivity index (χ1v) is 8.15. The summed E-state index contributed by atoms with van der Waals surface area (Å²) in [5.74, 6) is -0.381. The molecule has 0 radical (unpaired) electrons. The molecule has 0 saturated heterocycles. The van der Waals surface area contributed by atoms with E-state index in [1.807, 2.05) is 31.2 Å². The highest BCUT2D eigenvalue weighted by Crippen LogP contribution is 2.17. The molecule has 0 unspecified atom stereocenters. The number of rotatable bonds is 8. The van der Waals surface area contributed by atoms with Crippen molar-refractivity contribution in [3.63, 3.8) is 0 Å². The molecule has 0 saturated carbocycles. The third kappa shape index (κ3) is 5.14. The minimum atomic E-state index is -0.521. The maximum atomic E-state index is 14.4. The Morgan fingerprint density at radius 2 is 2.08 bits per heavy atom. The van der Waals surface area contributed by atoms with Gasteiger partial charge in [-0.05, 0) is 18.1 Å². The largest absolute Gasteiger partial charge is 0.501 e. The third-order valence-corrected chi connectivity index (χ3v) is 3.50. The third-order valence-electron chi connectivity index (χ3n) is 3.50. The van der Waals surface area contributed by atoms with Gasteiger partial charge in [0.25, 0.3) is 0 Å². The van der Waals surface area contributed by atoms with Crippen molar-refractivity contribution >= 4 is 23.7 Å². The number of anilines is 1. The lowest BCUT2D eigenvalue weighted by Gasteiger charge is -2.09. The van der Waals surface area contributed by atoms with E-state index >= 15 is 0 Å². The molecule has 0 aliphatic carbocycles. The molecule has 1 heterocycles. The number of allylic oxidation sites excluding steroid dienone is 1. The van der Waals surface area contributed by atoms with Crippen molar-refractivity contribution in [3.05, 3.63) is 65.7 Å². The van der Waals surface area contributed by atoms with Crippen LogP contribution in [-0.4, -0.2) is 29.8 Å². The summed E-state index contributed by atoms with van der Waals surface area (Å²) in [5, 5.41) is 2.98. The predicted octanol–water partition coefficient (Wildman–Crippen LogP) is 3.24. The molecule has 1 aromatic heterocycles. The van der Waals surface area contributed by atoms with Crippen LogP contribution in [0, 0.1) is 5.82 Å². The Morgan fingerprint density at radius 3 is 2.73 bits per heavy atom. The molecule has 1 aromatic carbocycles. The fourth-order valence-electron chi connectivity index (χ4n) is 2.19. The van der Waals surface area contributed by atoms with E-state index in [4.69, 9.17) is 10.5 Å². The number of ether oxygens (including phenoxy) is 1. The van der Waals surface area contributed by atoms with Crippen LogP contribution in [-0.2, 0) is 11.3 Å². The summed E-state index contributed by atoms with van der Waals surface area (Å²) >= 11 is 0. The number of aliphatic imine (C=N–C) groups is 1. The number of nitrogens with two attached hydrogens (primary N) is 1. The van der Waals surface area contributed by atoms with E-state index in [2.05, 4.69) is 20.3 Å². The van der Waals surface area contributed by atoms with E-state index in [1.54, 1.807) is 13.3 Å². The van der Waals surface area contributed by atoms with Gasteiger partial charge >= 0.3 is 0 Å². The summed E-state index contributed by atoms with van der Waals surface area (Å²) in [5.41, 5.74) is 8.54. The molecule has 6 nitrogen and oxygen atoms in total. The van der Waals surface area contributed by atoms with E-state index in [9.17, 15) is 4.39 Å². The Hall–Kier alpha value is -3.22. The zero-order valence-electron chi connectivity index (χ0n) is 14.8. The Balaban J connectivity index is 2.06. The fraction of sp³-hybridized carbons (Fsp3) is 0.211. The lowest BCUT2D eigenvalue weighted by molar-refractivity contribution is 0.272. The van der Waals surface area contributed by atoms with Crippen LogP contribution in [0.15, 0.2) is 48.0 Å². The first kappa shape index (κ1) is 19.1. The lowest BCUT2D eigenvalue weighted by Crippen LogP contribution is -2.06. The van der Waals surface area contributed by atoms with Gasteiger partial charge in [0.15, 0.2) is 11.6 Å². The minimum Gasteiger partial charge on any atom is -0.501 e. The van der Waals surface area contributed by atoms with E-state index in [-0.39, 0.29) is 11.5 Å². The van der Waals surface area contributed by atoms with Crippen molar-refractivity contribution in [2.45, 2.75) is 13.5 Å². The van der Waals surface area contributed by atoms with Crippen molar-refractivity contribution in [2.24, 2.45) is 10.7 Å². The number of nitrogens with zero attached hydrogens (tertiary/aromatic N) is 3. The average molecular weight is 355 g/mol. The minimum absolute atomic E-state index is 0.140. The number of aromatic nitrogens is 2. The van der Waals surface area contributed by atoms with Gasteiger partial charge in [0.2, 0.25) is 0 Å². The molecule has 136 valence electrons. The number of nitrogens with one attached hydrogen (secondary N) is 1. The first-order valence-electron chi connectivity index (χ1n) is 8.15. The van der Waals surface area contributed by atoms with Crippen LogP contribution in [0.2, 0.25) is 0 Å². The number of hydrogen-bond acceptors (Lipinski definition) is 6. The van der Waals surface area contributed by atoms with Gasteiger partial charge in [-0.2, -0.15) is 0 Å². The zero-order chi connectivity index (χ0) is 18.8. The van der Waals surface area contributed by atoms with Crippen LogP contribution in [0.25, 0.3) is 11.6 Å². The van der Waals surface area contributed by atoms with E-state index in [1.165, 1.54) is 24.9 Å². The first-order chi connectivity index (χ1) is 12.7. The van der Waals surface area contributed by atoms with Crippen LogP contribution < -0.4 is 11.1 Å².